The van der Waals surface area contributed by atoms with E-state index < -0.39 is 0 Å². The summed E-state index contributed by atoms with van der Waals surface area (Å²) >= 11 is 0. The molecule has 6 heteroatoms. The standard InChI is InChI=1S/C11H22.2C10H20O.C10H20.C9H18O2.2C9H18O.7C2H6/c1-9(2)11(10(3)4)7-5-6-8-11;1-8(2)10(9(3)4)5-6-11-7-10;1-8(2)10(9(3)4)6-5-7-11-10;1-8(2)10(9(3)4)6-5-7-10;1-7(2)9(8(3)4)10-5-6-11-9;1-7(2)9(8(3)4)5-10-6-9;1-7(2)9(8(3)4)5-6-10-9;7*1-2/h9-10H,5-8H2,1-4H3;2*8-9H,5-7H2,1-4H3;8-9H,5-7H2,1-4H3;7-8H,5-6H2,1-4H3;2*7-8H,5-6H2,1-4H3;7*1-2H3. The van der Waals surface area contributed by atoms with Crippen LogP contribution in [0.3, 0.4) is 0 Å². The van der Waals surface area contributed by atoms with E-state index in [-0.39, 0.29) is 17.0 Å². The van der Waals surface area contributed by atoms with Crippen LogP contribution in [0.5, 0.6) is 0 Å². The van der Waals surface area contributed by atoms with Gasteiger partial charge in [0.2, 0.25) is 0 Å². The fourth-order valence-corrected chi connectivity index (χ4v) is 15.1. The Bertz CT molecular complexity index is 1160. The molecule has 0 amide bonds. The van der Waals surface area contributed by atoms with Crippen molar-refractivity contribution in [2.75, 3.05) is 52.9 Å². The maximum Gasteiger partial charge on any atom is 0.172 e. The van der Waals surface area contributed by atoms with Crippen LogP contribution in [0.2, 0.25) is 0 Å². The van der Waals surface area contributed by atoms with Crippen molar-refractivity contribution in [2.24, 2.45) is 105 Å². The Morgan fingerprint density at radius 3 is 0.557 bits per heavy atom. The van der Waals surface area contributed by atoms with Gasteiger partial charge in [-0.3, -0.25) is 0 Å². The van der Waals surface area contributed by atoms with Crippen molar-refractivity contribution in [3.05, 3.63) is 0 Å². The van der Waals surface area contributed by atoms with E-state index in [2.05, 4.69) is 194 Å². The highest BCUT2D eigenvalue weighted by Gasteiger charge is 2.47. The van der Waals surface area contributed by atoms with E-state index in [1.54, 1.807) is 0 Å². The van der Waals surface area contributed by atoms with Crippen molar-refractivity contribution in [1.82, 2.24) is 0 Å². The summed E-state index contributed by atoms with van der Waals surface area (Å²) in [5, 5.41) is 0. The summed E-state index contributed by atoms with van der Waals surface area (Å²) in [4.78, 5) is 0. The zero-order chi connectivity index (χ0) is 71.3. The third-order valence-electron chi connectivity index (χ3n) is 22.0. The SMILES string of the molecule is CC.CC.CC.CC.CC.CC.CC.CC(C)C1(C(C)C)CCC1.CC(C)C1(C(C)C)CCCC1.CC(C)C1(C(C)C)CCCO1.CC(C)C1(C(C)C)CCO1.CC(C)C1(C(C)C)CCOC1.CC(C)C1(C(C)C)COC1.CC(C)C1(C(C)C)OCCO1. The first-order valence-corrected chi connectivity index (χ1v) is 38.9. The van der Waals surface area contributed by atoms with Crippen LogP contribution in [-0.2, 0) is 28.4 Å². The van der Waals surface area contributed by atoms with Crippen molar-refractivity contribution in [1.29, 1.82) is 0 Å². The Labute approximate surface area is 561 Å². The van der Waals surface area contributed by atoms with Gasteiger partial charge in [0.05, 0.1) is 50.8 Å². The molecule has 0 spiro atoms. The molecule has 2 aliphatic carbocycles. The van der Waals surface area contributed by atoms with Crippen LogP contribution >= 0.6 is 0 Å². The smallest absolute Gasteiger partial charge is 0.172 e. The quantitative estimate of drug-likeness (QED) is 0.173. The summed E-state index contributed by atoms with van der Waals surface area (Å²) in [6, 6.07) is 0. The lowest BCUT2D eigenvalue weighted by Gasteiger charge is -2.49. The van der Waals surface area contributed by atoms with Gasteiger partial charge in [0, 0.05) is 42.3 Å². The molecule has 0 atom stereocenters. The first-order valence-electron chi connectivity index (χ1n) is 38.9. The average molecular weight is 1260 g/mol. The Morgan fingerprint density at radius 2 is 0.466 bits per heavy atom. The molecule has 6 nitrogen and oxygen atoms in total. The Balaban J connectivity index is -0.000000168. The fourth-order valence-electron chi connectivity index (χ4n) is 15.1. The van der Waals surface area contributed by atoms with Crippen LogP contribution in [0.25, 0.3) is 0 Å². The molecule has 88 heavy (non-hydrogen) atoms. The number of hydrogen-bond donors (Lipinski definition) is 0. The number of hydrogen-bond acceptors (Lipinski definition) is 6. The molecule has 0 radical (unpaired) electrons. The molecule has 0 unspecified atom stereocenters. The summed E-state index contributed by atoms with van der Waals surface area (Å²) < 4.78 is 33.5. The lowest BCUT2D eigenvalue weighted by atomic mass is 9.56. The minimum absolute atomic E-state index is 0.194. The molecule has 0 aromatic carbocycles. The van der Waals surface area contributed by atoms with Crippen LogP contribution in [0.4, 0.5) is 0 Å². The highest BCUT2D eigenvalue weighted by molar-refractivity contribution is 4.95. The van der Waals surface area contributed by atoms with Crippen molar-refractivity contribution >= 4 is 0 Å². The zero-order valence-corrected chi connectivity index (χ0v) is 69.5. The van der Waals surface area contributed by atoms with Crippen LogP contribution in [0.15, 0.2) is 0 Å². The van der Waals surface area contributed by atoms with E-state index in [1.165, 1.54) is 70.6 Å². The van der Waals surface area contributed by atoms with Crippen molar-refractivity contribution < 1.29 is 28.4 Å². The molecule has 7 rings (SSSR count). The summed E-state index contributed by atoms with van der Waals surface area (Å²) in [7, 11) is 0. The summed E-state index contributed by atoms with van der Waals surface area (Å²) in [5.41, 5.74) is 2.81. The second-order valence-electron chi connectivity index (χ2n) is 29.3. The van der Waals surface area contributed by atoms with Crippen molar-refractivity contribution in [2.45, 2.75) is 378 Å². The van der Waals surface area contributed by atoms with Crippen LogP contribution < -0.4 is 0 Å². The molecular formula is C82H178O6. The summed E-state index contributed by atoms with van der Waals surface area (Å²) in [6.07, 6.45) is 15.3. The second kappa shape index (κ2) is 53.9. The van der Waals surface area contributed by atoms with Gasteiger partial charge in [0.25, 0.3) is 0 Å². The average Bonchev–Trinajstić information content (AvgIpc) is 4.31. The van der Waals surface area contributed by atoms with E-state index in [4.69, 9.17) is 28.4 Å². The minimum atomic E-state index is -0.306. The lowest BCUT2D eigenvalue weighted by molar-refractivity contribution is -0.216. The molecule has 7 aliphatic rings. The van der Waals surface area contributed by atoms with E-state index >= 15 is 0 Å². The van der Waals surface area contributed by atoms with Crippen LogP contribution in [-0.4, -0.2) is 69.8 Å². The van der Waals surface area contributed by atoms with Gasteiger partial charge >= 0.3 is 0 Å². The first-order chi connectivity index (χ1) is 41.2. The minimum Gasteiger partial charge on any atom is -0.381 e. The molecule has 2 saturated carbocycles. The molecule has 0 aromatic heterocycles. The molecule has 542 valence electrons. The first kappa shape index (κ1) is 101. The summed E-state index contributed by atoms with van der Waals surface area (Å²) in [5.74, 6) is 9.79. The predicted octanol–water partition coefficient (Wildman–Crippen LogP) is 26.9. The molecule has 5 saturated heterocycles. The van der Waals surface area contributed by atoms with E-state index in [9.17, 15) is 0 Å². The number of rotatable bonds is 14. The molecule has 0 bridgehead atoms. The third-order valence-corrected chi connectivity index (χ3v) is 22.0. The van der Waals surface area contributed by atoms with Gasteiger partial charge in [-0.05, 0) is 127 Å². The molecule has 5 aliphatic heterocycles. The van der Waals surface area contributed by atoms with Gasteiger partial charge in [-0.1, -0.05) is 310 Å². The zero-order valence-electron chi connectivity index (χ0n) is 69.5. The maximum absolute atomic E-state index is 5.86. The predicted molar refractivity (Wildman–Crippen MR) is 401 cm³/mol. The van der Waals surface area contributed by atoms with Gasteiger partial charge in [-0.2, -0.15) is 0 Å². The number of ether oxygens (including phenoxy) is 6. The largest absolute Gasteiger partial charge is 0.381 e. The molecule has 5 heterocycles. The monoisotopic (exact) mass is 1260 g/mol. The Kier molecular flexibility index (Phi) is 62.1. The highest BCUT2D eigenvalue weighted by atomic mass is 16.7. The van der Waals surface area contributed by atoms with Gasteiger partial charge < -0.3 is 28.4 Å². The van der Waals surface area contributed by atoms with Crippen LogP contribution in [0.1, 0.15) is 361 Å². The van der Waals surface area contributed by atoms with Gasteiger partial charge in [-0.15, -0.1) is 0 Å². The molecule has 7 fully saturated rings. The highest BCUT2D eigenvalue weighted by Crippen LogP contribution is 2.53. The molecule has 0 aromatic rings. The Hall–Kier alpha value is -0.240. The maximum atomic E-state index is 5.86. The van der Waals surface area contributed by atoms with Gasteiger partial charge in [-0.25, -0.2) is 0 Å². The second-order valence-corrected chi connectivity index (χ2v) is 29.3. The van der Waals surface area contributed by atoms with Gasteiger partial charge in [0.15, 0.2) is 5.79 Å². The lowest BCUT2D eigenvalue weighted by Crippen LogP contribution is -2.52. The van der Waals surface area contributed by atoms with E-state index in [0.29, 0.717) is 51.8 Å². The van der Waals surface area contributed by atoms with Gasteiger partial charge in [0.1, 0.15) is 0 Å². The van der Waals surface area contributed by atoms with Crippen LogP contribution in [0, 0.1) is 105 Å². The third kappa shape index (κ3) is 29.8. The van der Waals surface area contributed by atoms with E-state index in [1.807, 2.05) is 96.9 Å². The fraction of sp³-hybridized carbons (Fsp3) is 1.00. The van der Waals surface area contributed by atoms with Crippen molar-refractivity contribution in [3.63, 3.8) is 0 Å². The summed E-state index contributed by atoms with van der Waals surface area (Å²) in [6.45, 7) is 99.5. The molecular weight excluding hydrogens is 1080 g/mol. The molecule has 0 N–H and O–H groups in total. The topological polar surface area (TPSA) is 55.4 Å². The van der Waals surface area contributed by atoms with Crippen molar-refractivity contribution in [3.8, 4) is 0 Å². The Morgan fingerprint density at radius 1 is 0.193 bits per heavy atom. The van der Waals surface area contributed by atoms with E-state index in [0.717, 1.165) is 106 Å². The normalized spacial score (nSPS) is 20.2.